The van der Waals surface area contributed by atoms with Gasteiger partial charge in [0, 0.05) is 42.9 Å². The molecule has 0 radical (unpaired) electrons. The van der Waals surface area contributed by atoms with E-state index in [2.05, 4.69) is 31.8 Å². The number of aromatic amines is 1. The normalized spacial score (nSPS) is 17.7. The lowest BCUT2D eigenvalue weighted by Crippen LogP contribution is -2.41. The highest BCUT2D eigenvalue weighted by Crippen LogP contribution is 2.31. The zero-order chi connectivity index (χ0) is 19.3. The van der Waals surface area contributed by atoms with Crippen LogP contribution in [0.1, 0.15) is 52.6 Å². The van der Waals surface area contributed by atoms with E-state index in [9.17, 15) is 4.79 Å². The molecule has 3 heterocycles. The van der Waals surface area contributed by atoms with E-state index in [1.54, 1.807) is 7.11 Å². The van der Waals surface area contributed by atoms with Gasteiger partial charge in [0.1, 0.15) is 5.75 Å². The number of halogens is 1. The number of rotatable bonds is 6. The number of piperidine rings is 1. The molecule has 3 N–H and O–H groups in total. The number of para-hydroxylation sites is 1. The Hall–Kier alpha value is -2.09. The minimum absolute atomic E-state index is 0. The molecule has 0 bridgehead atoms. The Balaban J connectivity index is 0.00000240. The lowest BCUT2D eigenvalue weighted by atomic mass is 10.0. The molecule has 1 aromatic heterocycles. The van der Waals surface area contributed by atoms with Crippen LogP contribution in [-0.4, -0.2) is 54.3 Å². The van der Waals surface area contributed by atoms with Crippen LogP contribution in [0.2, 0.25) is 0 Å². The molecule has 0 spiro atoms. The fraction of sp³-hybridized carbons (Fsp3) is 0.524. The van der Waals surface area contributed by atoms with Gasteiger partial charge in [-0.05, 0) is 32.0 Å². The van der Waals surface area contributed by atoms with Gasteiger partial charge in [-0.3, -0.25) is 14.8 Å². The Labute approximate surface area is 178 Å². The number of nitrogens with zero attached hydrogens (tertiary/aromatic N) is 2. The van der Waals surface area contributed by atoms with Crippen LogP contribution in [0.25, 0.3) is 0 Å². The summed E-state index contributed by atoms with van der Waals surface area (Å²) in [7, 11) is 1.70. The number of nitrogens with one attached hydrogen (secondary N) is 3. The Morgan fingerprint density at radius 2 is 2.07 bits per heavy atom. The van der Waals surface area contributed by atoms with Crippen molar-refractivity contribution in [3.05, 3.63) is 46.8 Å². The summed E-state index contributed by atoms with van der Waals surface area (Å²) in [5.74, 6) is 0.756. The Morgan fingerprint density at radius 3 is 2.86 bits per heavy atom. The summed E-state index contributed by atoms with van der Waals surface area (Å²) >= 11 is 0. The van der Waals surface area contributed by atoms with E-state index in [-0.39, 0.29) is 24.4 Å². The summed E-state index contributed by atoms with van der Waals surface area (Å²) < 4.78 is 5.61. The molecule has 2 aliphatic heterocycles. The van der Waals surface area contributed by atoms with Crippen molar-refractivity contribution in [3.8, 4) is 5.75 Å². The van der Waals surface area contributed by atoms with Crippen LogP contribution in [0.3, 0.4) is 0 Å². The first-order chi connectivity index (χ1) is 13.8. The van der Waals surface area contributed by atoms with Crippen LogP contribution >= 0.6 is 12.4 Å². The molecular formula is C21H30ClN5O2. The van der Waals surface area contributed by atoms with Crippen LogP contribution in [0.5, 0.6) is 5.75 Å². The fourth-order valence-corrected chi connectivity index (χ4v) is 4.29. The predicted molar refractivity (Wildman–Crippen MR) is 115 cm³/mol. The lowest BCUT2D eigenvalue weighted by molar-refractivity contribution is 0.0917. The van der Waals surface area contributed by atoms with E-state index in [4.69, 9.17) is 4.74 Å². The third-order valence-corrected chi connectivity index (χ3v) is 5.81. The molecule has 1 amide bonds. The molecule has 1 fully saturated rings. The van der Waals surface area contributed by atoms with Gasteiger partial charge in [0.15, 0.2) is 5.69 Å². The van der Waals surface area contributed by atoms with E-state index in [1.807, 2.05) is 18.2 Å². The van der Waals surface area contributed by atoms with Crippen LogP contribution in [0, 0.1) is 0 Å². The number of carbonyl (C=O) groups excluding carboxylic acids is 1. The maximum absolute atomic E-state index is 12.9. The van der Waals surface area contributed by atoms with Crippen molar-refractivity contribution in [1.82, 2.24) is 25.7 Å². The highest BCUT2D eigenvalue weighted by atomic mass is 35.5. The average molecular weight is 420 g/mol. The van der Waals surface area contributed by atoms with Crippen LogP contribution in [0.15, 0.2) is 24.3 Å². The van der Waals surface area contributed by atoms with Crippen LogP contribution < -0.4 is 15.4 Å². The highest BCUT2D eigenvalue weighted by Gasteiger charge is 2.27. The van der Waals surface area contributed by atoms with Crippen molar-refractivity contribution in [3.63, 3.8) is 0 Å². The van der Waals surface area contributed by atoms with E-state index in [0.717, 1.165) is 48.6 Å². The quantitative estimate of drug-likeness (QED) is 0.670. The first-order valence-electron chi connectivity index (χ1n) is 10.2. The molecule has 158 valence electrons. The summed E-state index contributed by atoms with van der Waals surface area (Å²) in [6, 6.07) is 8.20. The molecule has 2 aromatic rings. The lowest BCUT2D eigenvalue weighted by Gasteiger charge is -2.35. The standard InChI is InChI=1S/C21H29N5O2.ClH/c1-28-19-8-4-3-7-15(19)18(26-11-5-2-6-12-26)14-23-21(27)20-16-13-22-10-9-17(16)24-25-20;/h3-4,7-8,18,22H,2,5-6,9-14H2,1H3,(H,23,27)(H,24,25);1H. The first-order valence-corrected chi connectivity index (χ1v) is 10.2. The van der Waals surface area contributed by atoms with Gasteiger partial charge in [0.25, 0.3) is 5.91 Å². The summed E-state index contributed by atoms with van der Waals surface area (Å²) in [5, 5.41) is 13.8. The number of H-pyrrole nitrogens is 1. The van der Waals surface area contributed by atoms with E-state index in [0.29, 0.717) is 18.8 Å². The van der Waals surface area contributed by atoms with Crippen molar-refractivity contribution in [1.29, 1.82) is 0 Å². The molecule has 29 heavy (non-hydrogen) atoms. The molecule has 1 aromatic carbocycles. The molecular weight excluding hydrogens is 390 g/mol. The van der Waals surface area contributed by atoms with E-state index in [1.165, 1.54) is 19.3 Å². The first kappa shape index (κ1) is 21.6. The van der Waals surface area contributed by atoms with Crippen molar-refractivity contribution < 1.29 is 9.53 Å². The summed E-state index contributed by atoms with van der Waals surface area (Å²) in [5.41, 5.74) is 3.70. The predicted octanol–water partition coefficient (Wildman–Crippen LogP) is 2.44. The fourth-order valence-electron chi connectivity index (χ4n) is 4.29. The van der Waals surface area contributed by atoms with E-state index < -0.39 is 0 Å². The number of likely N-dealkylation sites (tertiary alicyclic amines) is 1. The van der Waals surface area contributed by atoms with Crippen LogP contribution in [-0.2, 0) is 13.0 Å². The molecule has 1 atom stereocenters. The Kier molecular flexibility index (Phi) is 7.52. The SMILES string of the molecule is COc1ccccc1C(CNC(=O)c1n[nH]c2c1CNCC2)N1CCCCC1.Cl. The minimum Gasteiger partial charge on any atom is -0.496 e. The zero-order valence-electron chi connectivity index (χ0n) is 16.9. The number of carbonyl (C=O) groups is 1. The summed E-state index contributed by atoms with van der Waals surface area (Å²) in [4.78, 5) is 15.3. The third kappa shape index (κ3) is 4.74. The van der Waals surface area contributed by atoms with Crippen molar-refractivity contribution in [2.24, 2.45) is 0 Å². The molecule has 7 nitrogen and oxygen atoms in total. The average Bonchev–Trinajstić information content (AvgIpc) is 3.19. The third-order valence-electron chi connectivity index (χ3n) is 5.81. The van der Waals surface area contributed by atoms with Crippen molar-refractivity contribution >= 4 is 18.3 Å². The molecule has 1 unspecified atom stereocenters. The second-order valence-electron chi connectivity index (χ2n) is 7.52. The Bertz CT molecular complexity index is 819. The van der Waals surface area contributed by atoms with Gasteiger partial charge in [-0.2, -0.15) is 5.10 Å². The molecule has 1 saturated heterocycles. The Morgan fingerprint density at radius 1 is 1.28 bits per heavy atom. The van der Waals surface area contributed by atoms with E-state index >= 15 is 0 Å². The molecule has 8 heteroatoms. The molecule has 0 aliphatic carbocycles. The van der Waals surface area contributed by atoms with Crippen molar-refractivity contribution in [2.45, 2.75) is 38.3 Å². The van der Waals surface area contributed by atoms with Gasteiger partial charge in [0.05, 0.1) is 13.2 Å². The number of aromatic nitrogens is 2. The van der Waals surface area contributed by atoms with Crippen LogP contribution in [0.4, 0.5) is 0 Å². The molecule has 0 saturated carbocycles. The summed E-state index contributed by atoms with van der Waals surface area (Å²) in [6.45, 7) is 4.23. The van der Waals surface area contributed by atoms with Gasteiger partial charge < -0.3 is 15.4 Å². The van der Waals surface area contributed by atoms with Gasteiger partial charge in [0.2, 0.25) is 0 Å². The number of ether oxygens (including phenoxy) is 1. The number of amides is 1. The second-order valence-corrected chi connectivity index (χ2v) is 7.52. The van der Waals surface area contributed by atoms with Gasteiger partial charge in [-0.15, -0.1) is 12.4 Å². The molecule has 2 aliphatic rings. The largest absolute Gasteiger partial charge is 0.496 e. The minimum atomic E-state index is -0.113. The number of hydrogen-bond donors (Lipinski definition) is 3. The number of hydrogen-bond acceptors (Lipinski definition) is 5. The maximum atomic E-state index is 12.9. The summed E-state index contributed by atoms with van der Waals surface area (Å²) in [6.07, 6.45) is 4.54. The number of fused-ring (bicyclic) bond motifs is 1. The van der Waals surface area contributed by atoms with Gasteiger partial charge >= 0.3 is 0 Å². The highest BCUT2D eigenvalue weighted by molar-refractivity contribution is 5.94. The topological polar surface area (TPSA) is 82.3 Å². The smallest absolute Gasteiger partial charge is 0.272 e. The monoisotopic (exact) mass is 419 g/mol. The number of benzene rings is 1. The molecule has 4 rings (SSSR count). The maximum Gasteiger partial charge on any atom is 0.272 e. The second kappa shape index (κ2) is 10.1. The van der Waals surface area contributed by atoms with Crippen molar-refractivity contribution in [2.75, 3.05) is 33.3 Å². The van der Waals surface area contributed by atoms with Gasteiger partial charge in [-0.1, -0.05) is 24.6 Å². The zero-order valence-corrected chi connectivity index (χ0v) is 17.7. The number of methoxy groups -OCH3 is 1. The van der Waals surface area contributed by atoms with Gasteiger partial charge in [-0.25, -0.2) is 0 Å².